The maximum absolute atomic E-state index is 12.9. The van der Waals surface area contributed by atoms with Gasteiger partial charge in [0.25, 0.3) is 5.91 Å². The fraction of sp³-hybridized carbons (Fsp3) is 0.333. The Hall–Kier alpha value is -2.82. The first kappa shape index (κ1) is 18.0. The van der Waals surface area contributed by atoms with E-state index in [9.17, 15) is 9.59 Å². The zero-order valence-electron chi connectivity index (χ0n) is 15.2. The van der Waals surface area contributed by atoms with Crippen LogP contribution in [0.1, 0.15) is 36.2 Å². The van der Waals surface area contributed by atoms with E-state index in [1.165, 1.54) is 5.56 Å². The summed E-state index contributed by atoms with van der Waals surface area (Å²) in [5, 5.41) is 2.80. The molecule has 0 saturated carbocycles. The van der Waals surface area contributed by atoms with Crippen molar-refractivity contribution < 1.29 is 14.3 Å². The highest BCUT2D eigenvalue weighted by Crippen LogP contribution is 2.27. The molecule has 0 unspecified atom stereocenters. The van der Waals surface area contributed by atoms with Crippen molar-refractivity contribution in [2.45, 2.75) is 32.7 Å². The van der Waals surface area contributed by atoms with E-state index in [2.05, 4.69) is 11.4 Å². The molecule has 0 radical (unpaired) electrons. The van der Waals surface area contributed by atoms with E-state index in [4.69, 9.17) is 4.74 Å². The van der Waals surface area contributed by atoms with Gasteiger partial charge in [-0.15, -0.1) is 0 Å². The van der Waals surface area contributed by atoms with Gasteiger partial charge >= 0.3 is 0 Å². The number of carbonyl (C=O) groups is 2. The number of nitrogens with one attached hydrogen (secondary N) is 1. The number of rotatable bonds is 5. The monoisotopic (exact) mass is 352 g/mol. The average Bonchev–Trinajstić information content (AvgIpc) is 2.67. The second-order valence-electron chi connectivity index (χ2n) is 6.37. The van der Waals surface area contributed by atoms with Crippen LogP contribution in [-0.2, 0) is 11.2 Å². The molecule has 136 valence electrons. The fourth-order valence-corrected chi connectivity index (χ4v) is 3.21. The minimum Gasteiger partial charge on any atom is -0.494 e. The van der Waals surface area contributed by atoms with Crippen LogP contribution < -0.4 is 15.0 Å². The van der Waals surface area contributed by atoms with E-state index in [0.29, 0.717) is 18.7 Å². The zero-order valence-corrected chi connectivity index (χ0v) is 15.2. The SMILES string of the molecule is CCOc1ccc(C(=O)N[C@H](C)C(=O)N2CCCc3ccccc32)cc1. The summed E-state index contributed by atoms with van der Waals surface area (Å²) in [4.78, 5) is 27.1. The Kier molecular flexibility index (Phi) is 5.56. The summed E-state index contributed by atoms with van der Waals surface area (Å²) >= 11 is 0. The lowest BCUT2D eigenvalue weighted by Crippen LogP contribution is -2.48. The molecule has 2 aromatic rings. The Morgan fingerprint density at radius 3 is 2.62 bits per heavy atom. The molecule has 0 aromatic heterocycles. The third kappa shape index (κ3) is 3.87. The normalized spacial score (nSPS) is 14.3. The maximum atomic E-state index is 12.9. The zero-order chi connectivity index (χ0) is 18.5. The minimum absolute atomic E-state index is 0.0866. The smallest absolute Gasteiger partial charge is 0.251 e. The number of ether oxygens (including phenoxy) is 1. The molecule has 2 amide bonds. The van der Waals surface area contributed by atoms with Crippen molar-refractivity contribution in [1.29, 1.82) is 0 Å². The summed E-state index contributed by atoms with van der Waals surface area (Å²) in [5.74, 6) is 0.369. The highest BCUT2D eigenvalue weighted by molar-refractivity contribution is 6.02. The van der Waals surface area contributed by atoms with Crippen LogP contribution in [0.25, 0.3) is 0 Å². The molecule has 5 heteroatoms. The number of aryl methyl sites for hydroxylation is 1. The number of hydrogen-bond donors (Lipinski definition) is 1. The Bertz CT molecular complexity index is 786. The van der Waals surface area contributed by atoms with Crippen LogP contribution in [0, 0.1) is 0 Å². The van der Waals surface area contributed by atoms with Gasteiger partial charge in [-0.2, -0.15) is 0 Å². The maximum Gasteiger partial charge on any atom is 0.251 e. The van der Waals surface area contributed by atoms with Crippen LogP contribution in [-0.4, -0.2) is 31.0 Å². The lowest BCUT2D eigenvalue weighted by molar-refractivity contribution is -0.120. The van der Waals surface area contributed by atoms with Crippen LogP contribution in [0.15, 0.2) is 48.5 Å². The molecule has 3 rings (SSSR count). The topological polar surface area (TPSA) is 58.6 Å². The van der Waals surface area contributed by atoms with Crippen LogP contribution in [0.2, 0.25) is 0 Å². The van der Waals surface area contributed by atoms with Gasteiger partial charge in [0.15, 0.2) is 0 Å². The van der Waals surface area contributed by atoms with E-state index in [-0.39, 0.29) is 11.8 Å². The van der Waals surface area contributed by atoms with E-state index in [1.54, 1.807) is 36.1 Å². The Morgan fingerprint density at radius 2 is 1.88 bits per heavy atom. The molecule has 0 fully saturated rings. The van der Waals surface area contributed by atoms with Crippen molar-refractivity contribution >= 4 is 17.5 Å². The Balaban J connectivity index is 1.67. The van der Waals surface area contributed by atoms with E-state index < -0.39 is 6.04 Å². The first-order valence-electron chi connectivity index (χ1n) is 9.03. The van der Waals surface area contributed by atoms with Gasteiger partial charge < -0.3 is 15.0 Å². The predicted molar refractivity (Wildman–Crippen MR) is 102 cm³/mol. The number of para-hydroxylation sites is 1. The standard InChI is InChI=1S/C21H24N2O3/c1-3-26-18-12-10-17(11-13-18)20(24)22-15(2)21(25)23-14-6-8-16-7-4-5-9-19(16)23/h4-5,7,9-13,15H,3,6,8,14H2,1-2H3,(H,22,24)/t15-/m1/s1. The summed E-state index contributed by atoms with van der Waals surface area (Å²) in [6.45, 7) is 4.90. The van der Waals surface area contributed by atoms with E-state index >= 15 is 0 Å². The molecule has 0 aliphatic carbocycles. The summed E-state index contributed by atoms with van der Waals surface area (Å²) in [6, 6.07) is 14.3. The van der Waals surface area contributed by atoms with Gasteiger partial charge in [0.2, 0.25) is 5.91 Å². The van der Waals surface area contributed by atoms with Crippen molar-refractivity contribution in [2.24, 2.45) is 0 Å². The average molecular weight is 352 g/mol. The molecule has 2 aromatic carbocycles. The number of anilines is 1. The predicted octanol–water partition coefficient (Wildman–Crippen LogP) is 3.18. The van der Waals surface area contributed by atoms with Crippen molar-refractivity contribution in [1.82, 2.24) is 5.32 Å². The quantitative estimate of drug-likeness (QED) is 0.899. The Morgan fingerprint density at radius 1 is 1.15 bits per heavy atom. The number of benzene rings is 2. The van der Waals surface area contributed by atoms with Gasteiger partial charge in [-0.1, -0.05) is 18.2 Å². The number of hydrogen-bond acceptors (Lipinski definition) is 3. The van der Waals surface area contributed by atoms with Gasteiger partial charge in [0.05, 0.1) is 6.61 Å². The van der Waals surface area contributed by atoms with Crippen molar-refractivity contribution in [3.63, 3.8) is 0 Å². The summed E-state index contributed by atoms with van der Waals surface area (Å²) < 4.78 is 5.38. The fourth-order valence-electron chi connectivity index (χ4n) is 3.21. The van der Waals surface area contributed by atoms with Gasteiger partial charge in [0, 0.05) is 17.8 Å². The largest absolute Gasteiger partial charge is 0.494 e. The molecule has 1 atom stereocenters. The van der Waals surface area contributed by atoms with Crippen LogP contribution in [0.3, 0.4) is 0 Å². The van der Waals surface area contributed by atoms with Gasteiger partial charge in [-0.25, -0.2) is 0 Å². The summed E-state index contributed by atoms with van der Waals surface area (Å²) in [7, 11) is 0. The van der Waals surface area contributed by atoms with Gasteiger partial charge in [-0.05, 0) is 62.6 Å². The molecule has 0 bridgehead atoms. The van der Waals surface area contributed by atoms with E-state index in [0.717, 1.165) is 24.3 Å². The molecule has 0 spiro atoms. The third-order valence-electron chi connectivity index (χ3n) is 4.52. The van der Waals surface area contributed by atoms with Crippen LogP contribution in [0.4, 0.5) is 5.69 Å². The van der Waals surface area contributed by atoms with Crippen molar-refractivity contribution in [3.05, 3.63) is 59.7 Å². The number of nitrogens with zero attached hydrogens (tertiary/aromatic N) is 1. The first-order chi connectivity index (χ1) is 12.6. The van der Waals surface area contributed by atoms with Crippen LogP contribution in [0.5, 0.6) is 5.75 Å². The molecule has 1 aliphatic heterocycles. The number of fused-ring (bicyclic) bond motifs is 1. The van der Waals surface area contributed by atoms with Crippen LogP contribution >= 0.6 is 0 Å². The van der Waals surface area contributed by atoms with Crippen molar-refractivity contribution in [2.75, 3.05) is 18.1 Å². The molecule has 1 N–H and O–H groups in total. The molecule has 0 saturated heterocycles. The third-order valence-corrected chi connectivity index (χ3v) is 4.52. The second kappa shape index (κ2) is 8.04. The molecular formula is C21H24N2O3. The Labute approximate surface area is 154 Å². The molecule has 26 heavy (non-hydrogen) atoms. The van der Waals surface area contributed by atoms with Crippen molar-refractivity contribution in [3.8, 4) is 5.75 Å². The molecular weight excluding hydrogens is 328 g/mol. The lowest BCUT2D eigenvalue weighted by atomic mass is 10.0. The number of carbonyl (C=O) groups excluding carboxylic acids is 2. The minimum atomic E-state index is -0.597. The first-order valence-corrected chi connectivity index (χ1v) is 9.03. The van der Waals surface area contributed by atoms with Gasteiger partial charge in [0.1, 0.15) is 11.8 Å². The molecule has 5 nitrogen and oxygen atoms in total. The summed E-state index contributed by atoms with van der Waals surface area (Å²) in [5.41, 5.74) is 2.63. The van der Waals surface area contributed by atoms with Gasteiger partial charge in [-0.3, -0.25) is 9.59 Å². The highest BCUT2D eigenvalue weighted by atomic mass is 16.5. The molecule has 1 aliphatic rings. The highest BCUT2D eigenvalue weighted by Gasteiger charge is 2.27. The lowest BCUT2D eigenvalue weighted by Gasteiger charge is -2.31. The number of amides is 2. The van der Waals surface area contributed by atoms with E-state index in [1.807, 2.05) is 25.1 Å². The molecule has 1 heterocycles. The summed E-state index contributed by atoms with van der Waals surface area (Å²) in [6.07, 6.45) is 1.91. The second-order valence-corrected chi connectivity index (χ2v) is 6.37.